The molecule has 0 heterocycles. The molecule has 2 nitrogen and oxygen atoms in total. The van der Waals surface area contributed by atoms with Crippen molar-refractivity contribution in [2.24, 2.45) is 0 Å². The topological polar surface area (TPSA) is 15.3 Å². The zero-order valence-corrected chi connectivity index (χ0v) is 10.6. The number of halogens is 1. The van der Waals surface area contributed by atoms with Crippen LogP contribution >= 0.6 is 12.2 Å². The van der Waals surface area contributed by atoms with Crippen LogP contribution in [-0.4, -0.2) is 23.1 Å². The minimum absolute atomic E-state index is 0.214. The molecule has 0 amide bonds. The van der Waals surface area contributed by atoms with Gasteiger partial charge >= 0.3 is 0 Å². The summed E-state index contributed by atoms with van der Waals surface area (Å²) in [6.45, 7) is 4.67. The maximum absolute atomic E-state index is 13.0. The number of hydrogen-bond donors (Lipinski definition) is 1. The Labute approximate surface area is 101 Å². The molecule has 1 aromatic carbocycles. The van der Waals surface area contributed by atoms with Gasteiger partial charge in [-0.2, -0.15) is 0 Å². The zero-order chi connectivity index (χ0) is 12.1. The molecular weight excluding hydrogens is 223 g/mol. The summed E-state index contributed by atoms with van der Waals surface area (Å²) < 4.78 is 13.0. The minimum Gasteiger partial charge on any atom is -0.360 e. The van der Waals surface area contributed by atoms with Crippen LogP contribution in [-0.2, 0) is 6.54 Å². The summed E-state index contributed by atoms with van der Waals surface area (Å²) >= 11 is 5.21. The number of hydrogen-bond acceptors (Lipinski definition) is 1. The second kappa shape index (κ2) is 5.80. The predicted molar refractivity (Wildman–Crippen MR) is 68.7 cm³/mol. The minimum atomic E-state index is -0.214. The summed E-state index contributed by atoms with van der Waals surface area (Å²) in [4.78, 5) is 1.89. The highest BCUT2D eigenvalue weighted by molar-refractivity contribution is 7.80. The Bertz CT molecular complexity index is 366. The van der Waals surface area contributed by atoms with Gasteiger partial charge in [-0.1, -0.05) is 12.1 Å². The fraction of sp³-hybridized carbons (Fsp3) is 0.417. The van der Waals surface area contributed by atoms with Crippen LogP contribution in [0.5, 0.6) is 0 Å². The quantitative estimate of drug-likeness (QED) is 0.817. The van der Waals surface area contributed by atoms with Crippen molar-refractivity contribution in [3.8, 4) is 0 Å². The van der Waals surface area contributed by atoms with Crippen LogP contribution in [0.4, 0.5) is 4.39 Å². The van der Waals surface area contributed by atoms with E-state index in [0.29, 0.717) is 17.7 Å². The number of nitrogens with zero attached hydrogens (tertiary/aromatic N) is 1. The van der Waals surface area contributed by atoms with Crippen molar-refractivity contribution >= 4 is 17.3 Å². The van der Waals surface area contributed by atoms with Crippen LogP contribution in [0, 0.1) is 5.82 Å². The summed E-state index contributed by atoms with van der Waals surface area (Å²) in [6, 6.07) is 6.86. The highest BCUT2D eigenvalue weighted by atomic mass is 32.1. The number of nitrogens with one attached hydrogen (secondary N) is 1. The van der Waals surface area contributed by atoms with Crippen LogP contribution in [0.3, 0.4) is 0 Å². The Balaban J connectivity index is 2.57. The zero-order valence-electron chi connectivity index (χ0n) is 9.83. The Morgan fingerprint density at radius 2 is 2.19 bits per heavy atom. The van der Waals surface area contributed by atoms with Gasteiger partial charge in [-0.3, -0.25) is 0 Å². The molecule has 0 spiro atoms. The van der Waals surface area contributed by atoms with Crippen molar-refractivity contribution < 1.29 is 4.39 Å². The van der Waals surface area contributed by atoms with Gasteiger partial charge in [-0.15, -0.1) is 0 Å². The van der Waals surface area contributed by atoms with E-state index in [2.05, 4.69) is 5.32 Å². The standard InChI is InChI=1S/C12H17FN2S/c1-9(2)14-12(16)15(3)8-10-5-4-6-11(13)7-10/h4-7,9H,8H2,1-3H3,(H,14,16). The van der Waals surface area contributed by atoms with Crippen molar-refractivity contribution in [1.29, 1.82) is 0 Å². The second-order valence-corrected chi connectivity index (χ2v) is 4.48. The number of thiocarbonyl (C=S) groups is 1. The van der Waals surface area contributed by atoms with E-state index < -0.39 is 0 Å². The van der Waals surface area contributed by atoms with Gasteiger partial charge in [-0.05, 0) is 43.8 Å². The molecule has 0 aliphatic rings. The Morgan fingerprint density at radius 1 is 1.50 bits per heavy atom. The van der Waals surface area contributed by atoms with E-state index in [1.807, 2.05) is 31.9 Å². The third kappa shape index (κ3) is 4.14. The van der Waals surface area contributed by atoms with Gasteiger partial charge in [0.1, 0.15) is 5.82 Å². The summed E-state index contributed by atoms with van der Waals surface area (Å²) in [7, 11) is 1.89. The van der Waals surface area contributed by atoms with Crippen LogP contribution in [0.2, 0.25) is 0 Å². The third-order valence-corrected chi connectivity index (χ3v) is 2.50. The largest absolute Gasteiger partial charge is 0.360 e. The van der Waals surface area contributed by atoms with E-state index in [9.17, 15) is 4.39 Å². The first-order valence-electron chi connectivity index (χ1n) is 5.25. The third-order valence-electron chi connectivity index (χ3n) is 2.07. The average Bonchev–Trinajstić information content (AvgIpc) is 2.16. The van der Waals surface area contributed by atoms with Crippen molar-refractivity contribution in [3.63, 3.8) is 0 Å². The maximum atomic E-state index is 13.0. The fourth-order valence-electron chi connectivity index (χ4n) is 1.34. The Hall–Kier alpha value is -1.16. The first-order valence-corrected chi connectivity index (χ1v) is 5.66. The lowest BCUT2D eigenvalue weighted by molar-refractivity contribution is 0.478. The summed E-state index contributed by atoms with van der Waals surface area (Å²) in [5.41, 5.74) is 0.912. The lowest BCUT2D eigenvalue weighted by Crippen LogP contribution is -2.40. The molecule has 16 heavy (non-hydrogen) atoms. The molecule has 0 atom stereocenters. The molecule has 0 bridgehead atoms. The van der Waals surface area contributed by atoms with Crippen LogP contribution in [0.15, 0.2) is 24.3 Å². The molecule has 0 aliphatic heterocycles. The highest BCUT2D eigenvalue weighted by Crippen LogP contribution is 2.06. The summed E-state index contributed by atoms with van der Waals surface area (Å²) in [6.07, 6.45) is 0. The highest BCUT2D eigenvalue weighted by Gasteiger charge is 2.06. The smallest absolute Gasteiger partial charge is 0.169 e. The van der Waals surface area contributed by atoms with E-state index >= 15 is 0 Å². The number of rotatable bonds is 3. The van der Waals surface area contributed by atoms with Gasteiger partial charge in [0.05, 0.1) is 0 Å². The second-order valence-electron chi connectivity index (χ2n) is 4.09. The molecule has 1 aromatic rings. The van der Waals surface area contributed by atoms with E-state index in [1.54, 1.807) is 6.07 Å². The van der Waals surface area contributed by atoms with E-state index in [1.165, 1.54) is 12.1 Å². The van der Waals surface area contributed by atoms with E-state index in [-0.39, 0.29) is 5.82 Å². The van der Waals surface area contributed by atoms with Gasteiger partial charge in [-0.25, -0.2) is 4.39 Å². The van der Waals surface area contributed by atoms with Gasteiger partial charge in [0, 0.05) is 19.6 Å². The molecule has 0 saturated heterocycles. The molecule has 0 radical (unpaired) electrons. The first kappa shape index (κ1) is 12.9. The Kier molecular flexibility index (Phi) is 4.68. The normalized spacial score (nSPS) is 10.3. The van der Waals surface area contributed by atoms with Gasteiger partial charge in [0.15, 0.2) is 5.11 Å². The molecule has 0 fully saturated rings. The summed E-state index contributed by atoms with van der Waals surface area (Å²) in [5.74, 6) is -0.214. The predicted octanol–water partition coefficient (Wildman–Crippen LogP) is 2.54. The van der Waals surface area contributed by atoms with Gasteiger partial charge < -0.3 is 10.2 Å². The van der Waals surface area contributed by atoms with E-state index in [4.69, 9.17) is 12.2 Å². The molecule has 1 rings (SSSR count). The van der Waals surface area contributed by atoms with Crippen LogP contribution in [0.1, 0.15) is 19.4 Å². The van der Waals surface area contributed by atoms with Crippen molar-refractivity contribution in [1.82, 2.24) is 10.2 Å². The SMILES string of the molecule is CC(C)NC(=S)N(C)Cc1cccc(F)c1. The molecule has 0 aromatic heterocycles. The molecule has 0 aliphatic carbocycles. The van der Waals surface area contributed by atoms with Crippen molar-refractivity contribution in [2.45, 2.75) is 26.4 Å². The molecule has 0 saturated carbocycles. The van der Waals surface area contributed by atoms with Crippen LogP contribution < -0.4 is 5.32 Å². The van der Waals surface area contributed by atoms with Gasteiger partial charge in [0.25, 0.3) is 0 Å². The fourth-order valence-corrected chi connectivity index (χ4v) is 1.64. The van der Waals surface area contributed by atoms with Gasteiger partial charge in [0.2, 0.25) is 0 Å². The number of benzene rings is 1. The molecule has 4 heteroatoms. The van der Waals surface area contributed by atoms with E-state index in [0.717, 1.165) is 5.56 Å². The van der Waals surface area contributed by atoms with Crippen molar-refractivity contribution in [2.75, 3.05) is 7.05 Å². The average molecular weight is 240 g/mol. The Morgan fingerprint density at radius 3 is 2.75 bits per heavy atom. The lowest BCUT2D eigenvalue weighted by Gasteiger charge is -2.22. The van der Waals surface area contributed by atoms with Crippen LogP contribution in [0.25, 0.3) is 0 Å². The molecule has 0 unspecified atom stereocenters. The maximum Gasteiger partial charge on any atom is 0.169 e. The lowest BCUT2D eigenvalue weighted by atomic mass is 10.2. The molecule has 1 N–H and O–H groups in total. The molecule has 88 valence electrons. The summed E-state index contributed by atoms with van der Waals surface area (Å²) in [5, 5.41) is 3.82. The monoisotopic (exact) mass is 240 g/mol. The molecular formula is C12H17FN2S. The van der Waals surface area contributed by atoms with Crippen molar-refractivity contribution in [3.05, 3.63) is 35.6 Å². The first-order chi connectivity index (χ1) is 7.49.